The van der Waals surface area contributed by atoms with Crippen molar-refractivity contribution < 1.29 is 13.2 Å². The summed E-state index contributed by atoms with van der Waals surface area (Å²) in [5.41, 5.74) is 1.19. The quantitative estimate of drug-likeness (QED) is 0.869. The van der Waals surface area contributed by atoms with Gasteiger partial charge in [0.1, 0.15) is 5.56 Å². The van der Waals surface area contributed by atoms with E-state index in [0.717, 1.165) is 12.0 Å². The number of aryl methyl sites for hydroxylation is 2. The average molecular weight is 347 g/mol. The number of carbonyl (C=O) groups is 1. The third-order valence-corrected chi connectivity index (χ3v) is 5.28. The van der Waals surface area contributed by atoms with Crippen LogP contribution in [0.3, 0.4) is 0 Å². The molecule has 1 aromatic carbocycles. The molecule has 0 aliphatic carbocycles. The van der Waals surface area contributed by atoms with Gasteiger partial charge < -0.3 is 4.98 Å². The topological polar surface area (TPSA) is 99.3 Å². The van der Waals surface area contributed by atoms with Crippen LogP contribution >= 0.6 is 0 Å². The summed E-state index contributed by atoms with van der Waals surface area (Å²) in [6.07, 6.45) is 1.45. The molecule has 3 rings (SSSR count). The van der Waals surface area contributed by atoms with Crippen LogP contribution in [-0.2, 0) is 16.6 Å². The van der Waals surface area contributed by atoms with Gasteiger partial charge >= 0.3 is 10.2 Å². The highest BCUT2D eigenvalue weighted by molar-refractivity contribution is 7.91. The molecule has 8 heteroatoms. The number of anilines is 1. The minimum Gasteiger partial charge on any atom is -0.326 e. The maximum absolute atomic E-state index is 12.6. The summed E-state index contributed by atoms with van der Waals surface area (Å²) in [7, 11) is -4.09. The third kappa shape index (κ3) is 3.05. The van der Waals surface area contributed by atoms with E-state index in [2.05, 4.69) is 4.98 Å². The fourth-order valence-electron chi connectivity index (χ4n) is 2.73. The lowest BCUT2D eigenvalue weighted by Crippen LogP contribution is -2.46. The zero-order valence-electron chi connectivity index (χ0n) is 13.1. The number of rotatable bonds is 3. The van der Waals surface area contributed by atoms with E-state index >= 15 is 0 Å². The fraction of sp³-hybridized carbons (Fsp3) is 0.250. The Hall–Kier alpha value is -2.61. The number of benzene rings is 1. The van der Waals surface area contributed by atoms with Gasteiger partial charge in [0.2, 0.25) is 0 Å². The van der Waals surface area contributed by atoms with E-state index in [1.165, 1.54) is 10.4 Å². The number of hydrogen-bond donors (Lipinski definition) is 2. The van der Waals surface area contributed by atoms with Gasteiger partial charge in [0, 0.05) is 12.2 Å². The highest BCUT2D eigenvalue weighted by Crippen LogP contribution is 2.28. The molecule has 0 bridgehead atoms. The molecule has 0 saturated heterocycles. The lowest BCUT2D eigenvalue weighted by Gasteiger charge is -2.30. The Balaban J connectivity index is 1.90. The van der Waals surface area contributed by atoms with Gasteiger partial charge in [0.05, 0.1) is 5.69 Å². The summed E-state index contributed by atoms with van der Waals surface area (Å²) in [4.78, 5) is 26.5. The Bertz CT molecular complexity index is 950. The van der Waals surface area contributed by atoms with Crippen LogP contribution in [0.15, 0.2) is 41.2 Å². The number of aromatic amines is 1. The van der Waals surface area contributed by atoms with Gasteiger partial charge in [-0.2, -0.15) is 8.42 Å². The molecule has 1 aliphatic rings. The molecule has 1 aliphatic heterocycles. The van der Waals surface area contributed by atoms with E-state index in [4.69, 9.17) is 0 Å². The summed E-state index contributed by atoms with van der Waals surface area (Å²) in [5, 5.41) is 0. The minimum absolute atomic E-state index is 0.241. The van der Waals surface area contributed by atoms with Crippen LogP contribution in [-0.4, -0.2) is 25.9 Å². The van der Waals surface area contributed by atoms with Crippen molar-refractivity contribution in [2.75, 3.05) is 10.8 Å². The second kappa shape index (κ2) is 6.12. The van der Waals surface area contributed by atoms with E-state index in [1.54, 1.807) is 25.1 Å². The SMILES string of the molecule is Cc1ccc(C(=O)NS(=O)(=O)N2CCCc3ccccc32)c(=O)[nH]1. The summed E-state index contributed by atoms with van der Waals surface area (Å²) >= 11 is 0. The molecular weight excluding hydrogens is 330 g/mol. The predicted molar refractivity (Wildman–Crippen MR) is 90.3 cm³/mol. The lowest BCUT2D eigenvalue weighted by molar-refractivity contribution is 0.0980. The number of fused-ring (bicyclic) bond motifs is 1. The zero-order valence-corrected chi connectivity index (χ0v) is 13.9. The molecule has 2 aromatic rings. The Morgan fingerprint density at radius 3 is 2.71 bits per heavy atom. The molecular formula is C16H17N3O4S. The number of H-pyrrole nitrogens is 1. The summed E-state index contributed by atoms with van der Waals surface area (Å²) in [5.74, 6) is -0.945. The third-order valence-electron chi connectivity index (χ3n) is 3.88. The molecule has 0 spiro atoms. The van der Waals surface area contributed by atoms with Crippen LogP contribution in [0, 0.1) is 6.92 Å². The van der Waals surface area contributed by atoms with Crippen molar-refractivity contribution in [2.24, 2.45) is 0 Å². The molecule has 1 amide bonds. The predicted octanol–water partition coefficient (Wildman–Crippen LogP) is 1.11. The fourth-order valence-corrected chi connectivity index (χ4v) is 3.99. The number of aromatic nitrogens is 1. The number of para-hydroxylation sites is 1. The normalized spacial score (nSPS) is 14.1. The Morgan fingerprint density at radius 2 is 1.96 bits per heavy atom. The van der Waals surface area contributed by atoms with Gasteiger partial charge in [-0.3, -0.25) is 13.9 Å². The first-order chi connectivity index (χ1) is 11.4. The largest absolute Gasteiger partial charge is 0.326 e. The van der Waals surface area contributed by atoms with Gasteiger partial charge in [0.25, 0.3) is 11.5 Å². The first-order valence-electron chi connectivity index (χ1n) is 7.51. The van der Waals surface area contributed by atoms with E-state index in [0.29, 0.717) is 17.8 Å². The number of carbonyl (C=O) groups excluding carboxylic acids is 1. The zero-order chi connectivity index (χ0) is 17.3. The lowest BCUT2D eigenvalue weighted by atomic mass is 10.0. The van der Waals surface area contributed by atoms with Gasteiger partial charge in [-0.15, -0.1) is 0 Å². The van der Waals surface area contributed by atoms with Gasteiger partial charge in [-0.25, -0.2) is 4.72 Å². The van der Waals surface area contributed by atoms with Crippen molar-refractivity contribution >= 4 is 21.8 Å². The minimum atomic E-state index is -4.09. The van der Waals surface area contributed by atoms with Crippen LogP contribution in [0.1, 0.15) is 28.0 Å². The summed E-state index contributed by atoms with van der Waals surface area (Å²) in [6.45, 7) is 1.95. The average Bonchev–Trinajstić information content (AvgIpc) is 2.53. The van der Waals surface area contributed by atoms with E-state index in [9.17, 15) is 18.0 Å². The highest BCUT2D eigenvalue weighted by atomic mass is 32.2. The maximum atomic E-state index is 12.6. The molecule has 126 valence electrons. The Kier molecular flexibility index (Phi) is 4.15. The molecule has 2 N–H and O–H groups in total. The van der Waals surface area contributed by atoms with Crippen LogP contribution in [0.2, 0.25) is 0 Å². The number of nitrogens with one attached hydrogen (secondary N) is 2. The molecule has 24 heavy (non-hydrogen) atoms. The van der Waals surface area contributed by atoms with Crippen molar-refractivity contribution in [3.63, 3.8) is 0 Å². The highest BCUT2D eigenvalue weighted by Gasteiger charge is 2.29. The van der Waals surface area contributed by atoms with Crippen LogP contribution in [0.5, 0.6) is 0 Å². The molecule has 7 nitrogen and oxygen atoms in total. The number of amides is 1. The molecule has 1 aromatic heterocycles. The summed E-state index contributed by atoms with van der Waals surface area (Å²) < 4.78 is 28.3. The summed E-state index contributed by atoms with van der Waals surface area (Å²) in [6, 6.07) is 10.0. The standard InChI is InChI=1S/C16H17N3O4S/c1-11-8-9-13(15(20)17-11)16(21)18-24(22,23)19-10-4-6-12-5-2-3-7-14(12)19/h2-3,5,7-9H,4,6,10H2,1H3,(H,17,20)(H,18,21). The van der Waals surface area contributed by atoms with Gasteiger partial charge in [-0.05, 0) is 43.5 Å². The van der Waals surface area contributed by atoms with E-state index in [-0.39, 0.29) is 12.1 Å². The first kappa shape index (κ1) is 16.3. The second-order valence-electron chi connectivity index (χ2n) is 5.62. The molecule has 0 fully saturated rings. The van der Waals surface area contributed by atoms with Gasteiger partial charge in [-0.1, -0.05) is 18.2 Å². The van der Waals surface area contributed by atoms with Crippen LogP contribution in [0.25, 0.3) is 0 Å². The number of nitrogens with zero attached hydrogens (tertiary/aromatic N) is 1. The number of pyridine rings is 1. The second-order valence-corrected chi connectivity index (χ2v) is 7.22. The monoisotopic (exact) mass is 347 g/mol. The van der Waals surface area contributed by atoms with Gasteiger partial charge in [0.15, 0.2) is 0 Å². The van der Waals surface area contributed by atoms with E-state index in [1.807, 2.05) is 16.9 Å². The number of hydrogen-bond acceptors (Lipinski definition) is 4. The molecule has 0 radical (unpaired) electrons. The molecule has 0 atom stereocenters. The van der Waals surface area contributed by atoms with Crippen molar-refractivity contribution in [3.05, 3.63) is 63.6 Å². The molecule has 0 saturated carbocycles. The van der Waals surface area contributed by atoms with Crippen molar-refractivity contribution in [1.82, 2.24) is 9.71 Å². The smallest absolute Gasteiger partial charge is 0.326 e. The Morgan fingerprint density at radius 1 is 1.21 bits per heavy atom. The van der Waals surface area contributed by atoms with E-state index < -0.39 is 21.7 Å². The Labute approximate surface area is 139 Å². The van der Waals surface area contributed by atoms with Crippen molar-refractivity contribution in [2.45, 2.75) is 19.8 Å². The van der Waals surface area contributed by atoms with Crippen molar-refractivity contribution in [3.8, 4) is 0 Å². The van der Waals surface area contributed by atoms with Crippen LogP contribution < -0.4 is 14.6 Å². The van der Waals surface area contributed by atoms with Crippen molar-refractivity contribution in [1.29, 1.82) is 0 Å². The van der Waals surface area contributed by atoms with Crippen LogP contribution in [0.4, 0.5) is 5.69 Å². The molecule has 0 unspecified atom stereocenters. The first-order valence-corrected chi connectivity index (χ1v) is 8.95. The molecule has 2 heterocycles. The maximum Gasteiger partial charge on any atom is 0.326 e.